The number of hydrogen-bond donors (Lipinski definition) is 1. The average molecular weight is 314 g/mol. The fraction of sp³-hybridized carbons (Fsp3) is 0.133. The zero-order valence-electron chi connectivity index (χ0n) is 10.2. The molecule has 1 aliphatic heterocycles. The third kappa shape index (κ3) is 2.18. The Balaban J connectivity index is 2.12. The van der Waals surface area contributed by atoms with E-state index in [0.29, 0.717) is 5.56 Å². The smallest absolute Gasteiger partial charge is 0.101 e. The molecule has 2 aromatic carbocycles. The van der Waals surface area contributed by atoms with Gasteiger partial charge in [0, 0.05) is 17.6 Å². The fourth-order valence-electron chi connectivity index (χ4n) is 2.36. The molecule has 1 aliphatic rings. The third-order valence-corrected chi connectivity index (χ3v) is 3.71. The zero-order valence-corrected chi connectivity index (χ0v) is 11.8. The Morgan fingerprint density at radius 1 is 1.16 bits per heavy atom. The van der Waals surface area contributed by atoms with Crippen LogP contribution in [0.15, 0.2) is 46.9 Å². The number of fused-ring (bicyclic) bond motifs is 1. The second kappa shape index (κ2) is 4.94. The van der Waals surface area contributed by atoms with E-state index in [-0.39, 0.29) is 0 Å². The van der Waals surface area contributed by atoms with Gasteiger partial charge in [0.25, 0.3) is 0 Å². The minimum Gasteiger partial charge on any atom is -0.382 e. The molecule has 0 saturated heterocycles. The van der Waals surface area contributed by atoms with Crippen LogP contribution in [0.3, 0.4) is 0 Å². The van der Waals surface area contributed by atoms with Gasteiger partial charge in [-0.05, 0) is 30.3 Å². The van der Waals surface area contributed by atoms with Crippen molar-refractivity contribution in [3.05, 3.63) is 52.5 Å². The van der Waals surface area contributed by atoms with E-state index in [1.54, 1.807) is 0 Å². The van der Waals surface area contributed by atoms with Crippen LogP contribution in [0.25, 0.3) is 0 Å². The summed E-state index contributed by atoms with van der Waals surface area (Å²) in [7, 11) is 0. The lowest BCUT2D eigenvalue weighted by Gasteiger charge is -2.32. The van der Waals surface area contributed by atoms with Crippen molar-refractivity contribution in [3.63, 3.8) is 0 Å². The summed E-state index contributed by atoms with van der Waals surface area (Å²) in [5, 5.41) is 12.6. The van der Waals surface area contributed by atoms with E-state index >= 15 is 0 Å². The first-order valence-corrected chi connectivity index (χ1v) is 6.89. The van der Waals surface area contributed by atoms with E-state index in [9.17, 15) is 5.26 Å². The summed E-state index contributed by atoms with van der Waals surface area (Å²) >= 11 is 3.48. The normalized spacial score (nSPS) is 13.4. The Morgan fingerprint density at radius 3 is 2.84 bits per heavy atom. The summed E-state index contributed by atoms with van der Waals surface area (Å²) in [6, 6.07) is 16.1. The van der Waals surface area contributed by atoms with Crippen LogP contribution in [-0.2, 0) is 0 Å². The number of para-hydroxylation sites is 1. The van der Waals surface area contributed by atoms with Gasteiger partial charge in [0.05, 0.1) is 22.6 Å². The third-order valence-electron chi connectivity index (χ3n) is 3.22. The minimum absolute atomic E-state index is 0.707. The highest BCUT2D eigenvalue weighted by Gasteiger charge is 2.19. The maximum atomic E-state index is 9.24. The van der Waals surface area contributed by atoms with Gasteiger partial charge in [-0.25, -0.2) is 0 Å². The maximum Gasteiger partial charge on any atom is 0.101 e. The molecule has 0 saturated carbocycles. The van der Waals surface area contributed by atoms with Gasteiger partial charge in [-0.2, -0.15) is 5.26 Å². The van der Waals surface area contributed by atoms with Crippen LogP contribution in [-0.4, -0.2) is 13.1 Å². The Morgan fingerprint density at radius 2 is 2.00 bits per heavy atom. The summed E-state index contributed by atoms with van der Waals surface area (Å²) in [6.07, 6.45) is 0. The SMILES string of the molecule is N#Cc1ccccc1N1CCNc2cc(Br)ccc21. The number of halogens is 1. The van der Waals surface area contributed by atoms with Crippen molar-refractivity contribution in [3.8, 4) is 6.07 Å². The molecule has 19 heavy (non-hydrogen) atoms. The molecule has 0 amide bonds. The summed E-state index contributed by atoms with van der Waals surface area (Å²) in [4.78, 5) is 2.19. The first kappa shape index (κ1) is 12.1. The van der Waals surface area contributed by atoms with Crippen LogP contribution in [0.2, 0.25) is 0 Å². The van der Waals surface area contributed by atoms with Crippen molar-refractivity contribution in [1.82, 2.24) is 0 Å². The summed E-state index contributed by atoms with van der Waals surface area (Å²) in [5.74, 6) is 0. The maximum absolute atomic E-state index is 9.24. The number of anilines is 3. The lowest BCUT2D eigenvalue weighted by molar-refractivity contribution is 0.925. The lowest BCUT2D eigenvalue weighted by atomic mass is 10.1. The van der Waals surface area contributed by atoms with Crippen LogP contribution in [0.5, 0.6) is 0 Å². The molecule has 94 valence electrons. The standard InChI is InChI=1S/C15H12BrN3/c16-12-5-6-15-13(9-12)18-7-8-19(15)14-4-2-1-3-11(14)10-17/h1-6,9,18H,7-8H2. The monoisotopic (exact) mass is 313 g/mol. The summed E-state index contributed by atoms with van der Waals surface area (Å²) < 4.78 is 1.05. The van der Waals surface area contributed by atoms with Crippen molar-refractivity contribution < 1.29 is 0 Å². The molecule has 4 heteroatoms. The van der Waals surface area contributed by atoms with Crippen LogP contribution in [0.4, 0.5) is 17.1 Å². The fourth-order valence-corrected chi connectivity index (χ4v) is 2.72. The van der Waals surface area contributed by atoms with Gasteiger partial charge in [0.1, 0.15) is 6.07 Å². The number of benzene rings is 2. The average Bonchev–Trinajstić information content (AvgIpc) is 2.46. The molecule has 0 aliphatic carbocycles. The Kier molecular flexibility index (Phi) is 3.14. The molecular weight excluding hydrogens is 302 g/mol. The predicted octanol–water partition coefficient (Wildman–Crippen LogP) is 3.88. The Labute approximate surface area is 120 Å². The van der Waals surface area contributed by atoms with E-state index in [2.05, 4.69) is 44.3 Å². The topological polar surface area (TPSA) is 39.1 Å². The highest BCUT2D eigenvalue weighted by atomic mass is 79.9. The highest BCUT2D eigenvalue weighted by molar-refractivity contribution is 9.10. The first-order valence-electron chi connectivity index (χ1n) is 6.09. The van der Waals surface area contributed by atoms with Gasteiger partial charge in [-0.15, -0.1) is 0 Å². The first-order chi connectivity index (χ1) is 9.29. The van der Waals surface area contributed by atoms with Gasteiger partial charge in [-0.3, -0.25) is 0 Å². The number of rotatable bonds is 1. The van der Waals surface area contributed by atoms with Gasteiger partial charge in [0.15, 0.2) is 0 Å². The summed E-state index contributed by atoms with van der Waals surface area (Å²) in [6.45, 7) is 1.72. The van der Waals surface area contributed by atoms with E-state index in [1.807, 2.05) is 30.3 Å². The van der Waals surface area contributed by atoms with Crippen LogP contribution < -0.4 is 10.2 Å². The number of hydrogen-bond acceptors (Lipinski definition) is 3. The number of nitriles is 1. The van der Waals surface area contributed by atoms with Crippen LogP contribution in [0, 0.1) is 11.3 Å². The summed E-state index contributed by atoms with van der Waals surface area (Å²) in [5.41, 5.74) is 3.87. The van der Waals surface area contributed by atoms with E-state index in [0.717, 1.165) is 34.6 Å². The van der Waals surface area contributed by atoms with E-state index < -0.39 is 0 Å². The van der Waals surface area contributed by atoms with Gasteiger partial charge in [-0.1, -0.05) is 28.1 Å². The predicted molar refractivity (Wildman–Crippen MR) is 80.8 cm³/mol. The molecule has 0 unspecified atom stereocenters. The van der Waals surface area contributed by atoms with Crippen molar-refractivity contribution in [1.29, 1.82) is 5.26 Å². The van der Waals surface area contributed by atoms with Crippen molar-refractivity contribution in [2.24, 2.45) is 0 Å². The second-order valence-corrected chi connectivity index (χ2v) is 5.28. The molecular formula is C15H12BrN3. The molecule has 0 atom stereocenters. The van der Waals surface area contributed by atoms with Gasteiger partial charge >= 0.3 is 0 Å². The number of nitrogens with one attached hydrogen (secondary N) is 1. The molecule has 0 aromatic heterocycles. The molecule has 0 radical (unpaired) electrons. The minimum atomic E-state index is 0.707. The molecule has 0 fully saturated rings. The van der Waals surface area contributed by atoms with Crippen molar-refractivity contribution in [2.45, 2.75) is 0 Å². The molecule has 3 nitrogen and oxygen atoms in total. The van der Waals surface area contributed by atoms with Gasteiger partial charge in [0.2, 0.25) is 0 Å². The quantitative estimate of drug-likeness (QED) is 0.868. The van der Waals surface area contributed by atoms with Crippen LogP contribution in [0.1, 0.15) is 5.56 Å². The molecule has 2 aromatic rings. The number of nitrogens with zero attached hydrogens (tertiary/aromatic N) is 2. The van der Waals surface area contributed by atoms with Crippen molar-refractivity contribution in [2.75, 3.05) is 23.3 Å². The molecule has 0 spiro atoms. The Bertz CT molecular complexity index is 661. The lowest BCUT2D eigenvalue weighted by Crippen LogP contribution is -2.30. The largest absolute Gasteiger partial charge is 0.382 e. The highest BCUT2D eigenvalue weighted by Crippen LogP contribution is 2.37. The Hall–Kier alpha value is -1.99. The second-order valence-electron chi connectivity index (χ2n) is 4.37. The molecule has 1 heterocycles. The molecule has 0 bridgehead atoms. The van der Waals surface area contributed by atoms with E-state index in [1.165, 1.54) is 0 Å². The van der Waals surface area contributed by atoms with Gasteiger partial charge < -0.3 is 10.2 Å². The molecule has 1 N–H and O–H groups in total. The molecule has 3 rings (SSSR count). The van der Waals surface area contributed by atoms with E-state index in [4.69, 9.17) is 0 Å². The van der Waals surface area contributed by atoms with Crippen molar-refractivity contribution >= 4 is 33.0 Å². The zero-order chi connectivity index (χ0) is 13.2. The van der Waals surface area contributed by atoms with Crippen LogP contribution >= 0.6 is 15.9 Å².